The third-order valence-corrected chi connectivity index (χ3v) is 4.28. The summed E-state index contributed by atoms with van der Waals surface area (Å²) in [5.41, 5.74) is 1.39. The fraction of sp³-hybridized carbons (Fsp3) is 0.615. The summed E-state index contributed by atoms with van der Waals surface area (Å²) in [7, 11) is 0. The van der Waals surface area contributed by atoms with Crippen molar-refractivity contribution in [2.45, 2.75) is 25.4 Å². The van der Waals surface area contributed by atoms with Gasteiger partial charge in [-0.25, -0.2) is 4.79 Å². The molecular formula is C13H19N3OS. The van der Waals surface area contributed by atoms with Crippen LogP contribution in [-0.2, 0) is 6.54 Å². The van der Waals surface area contributed by atoms with E-state index in [1.54, 1.807) is 11.3 Å². The second kappa shape index (κ2) is 5.28. The molecule has 1 aliphatic carbocycles. The number of rotatable bonds is 3. The molecule has 0 bridgehead atoms. The van der Waals surface area contributed by atoms with Gasteiger partial charge in [-0.3, -0.25) is 4.90 Å². The Bertz CT molecular complexity index is 394. The number of hydrogen-bond donors (Lipinski definition) is 1. The van der Waals surface area contributed by atoms with Gasteiger partial charge < -0.3 is 10.2 Å². The zero-order valence-electron chi connectivity index (χ0n) is 10.5. The summed E-state index contributed by atoms with van der Waals surface area (Å²) in [6.45, 7) is 4.68. The van der Waals surface area contributed by atoms with Crippen molar-refractivity contribution in [1.82, 2.24) is 15.1 Å². The van der Waals surface area contributed by atoms with Crippen molar-refractivity contribution >= 4 is 17.4 Å². The molecule has 2 heterocycles. The Morgan fingerprint density at radius 2 is 2.11 bits per heavy atom. The summed E-state index contributed by atoms with van der Waals surface area (Å²) < 4.78 is 0. The average molecular weight is 265 g/mol. The third-order valence-electron chi connectivity index (χ3n) is 3.55. The number of hydrogen-bond acceptors (Lipinski definition) is 3. The normalized spacial score (nSPS) is 21.0. The fourth-order valence-corrected chi connectivity index (χ4v) is 2.90. The molecule has 3 rings (SSSR count). The number of piperazine rings is 1. The first-order chi connectivity index (χ1) is 8.81. The van der Waals surface area contributed by atoms with Gasteiger partial charge in [0.15, 0.2) is 0 Å². The number of urea groups is 1. The molecule has 2 aliphatic rings. The molecule has 1 aromatic rings. The predicted molar refractivity (Wildman–Crippen MR) is 72.7 cm³/mol. The summed E-state index contributed by atoms with van der Waals surface area (Å²) >= 11 is 1.75. The van der Waals surface area contributed by atoms with Gasteiger partial charge in [0.05, 0.1) is 0 Å². The molecule has 1 aliphatic heterocycles. The van der Waals surface area contributed by atoms with E-state index >= 15 is 0 Å². The van der Waals surface area contributed by atoms with E-state index in [0.29, 0.717) is 6.04 Å². The van der Waals surface area contributed by atoms with Crippen molar-refractivity contribution in [1.29, 1.82) is 0 Å². The molecule has 2 fully saturated rings. The average Bonchev–Trinajstić information content (AvgIpc) is 3.04. The molecule has 4 nitrogen and oxygen atoms in total. The van der Waals surface area contributed by atoms with E-state index in [1.165, 1.54) is 5.56 Å². The Morgan fingerprint density at radius 3 is 2.72 bits per heavy atom. The van der Waals surface area contributed by atoms with Gasteiger partial charge in [-0.05, 0) is 35.2 Å². The lowest BCUT2D eigenvalue weighted by atomic mass is 10.2. The summed E-state index contributed by atoms with van der Waals surface area (Å²) in [5, 5.41) is 7.37. The highest BCUT2D eigenvalue weighted by Gasteiger charge is 2.27. The monoisotopic (exact) mass is 265 g/mol. The first-order valence-electron chi connectivity index (χ1n) is 6.60. The quantitative estimate of drug-likeness (QED) is 0.903. The first kappa shape index (κ1) is 12.0. The lowest BCUT2D eigenvalue weighted by molar-refractivity contribution is 0.135. The van der Waals surface area contributed by atoms with Crippen molar-refractivity contribution in [3.8, 4) is 0 Å². The molecule has 18 heavy (non-hydrogen) atoms. The maximum absolute atomic E-state index is 11.9. The molecule has 1 N–H and O–H groups in total. The van der Waals surface area contributed by atoms with Gasteiger partial charge in [0.2, 0.25) is 0 Å². The molecular weight excluding hydrogens is 246 g/mol. The molecule has 0 atom stereocenters. The highest BCUT2D eigenvalue weighted by molar-refractivity contribution is 7.07. The number of carbonyl (C=O) groups is 1. The standard InChI is InChI=1S/C13H19N3OS/c17-13(14-12-1-2-12)16-6-4-15(5-7-16)9-11-3-8-18-10-11/h3,8,10,12H,1-2,4-7,9H2,(H,14,17). The van der Waals surface area contributed by atoms with Crippen molar-refractivity contribution in [2.75, 3.05) is 26.2 Å². The summed E-state index contributed by atoms with van der Waals surface area (Å²) in [6.07, 6.45) is 2.31. The molecule has 5 heteroatoms. The number of nitrogens with zero attached hydrogens (tertiary/aromatic N) is 2. The van der Waals surface area contributed by atoms with Crippen molar-refractivity contribution in [3.63, 3.8) is 0 Å². The summed E-state index contributed by atoms with van der Waals surface area (Å²) in [5.74, 6) is 0. The molecule has 0 radical (unpaired) electrons. The van der Waals surface area contributed by atoms with E-state index in [2.05, 4.69) is 27.0 Å². The van der Waals surface area contributed by atoms with Crippen LogP contribution in [0.4, 0.5) is 4.79 Å². The van der Waals surface area contributed by atoms with Crippen molar-refractivity contribution in [3.05, 3.63) is 22.4 Å². The Hall–Kier alpha value is -1.07. The highest BCUT2D eigenvalue weighted by Crippen LogP contribution is 2.19. The molecule has 0 spiro atoms. The molecule has 0 aromatic carbocycles. The molecule has 98 valence electrons. The van der Waals surface area contributed by atoms with E-state index in [-0.39, 0.29) is 6.03 Å². The predicted octanol–water partition coefficient (Wildman–Crippen LogP) is 1.74. The van der Waals surface area contributed by atoms with E-state index in [0.717, 1.165) is 45.6 Å². The topological polar surface area (TPSA) is 35.6 Å². The highest BCUT2D eigenvalue weighted by atomic mass is 32.1. The van der Waals surface area contributed by atoms with Crippen LogP contribution in [0, 0.1) is 0 Å². The molecule has 2 amide bonds. The second-order valence-electron chi connectivity index (χ2n) is 5.12. The van der Waals surface area contributed by atoms with Gasteiger partial charge >= 0.3 is 6.03 Å². The smallest absolute Gasteiger partial charge is 0.317 e. The van der Waals surface area contributed by atoms with E-state index in [1.807, 2.05) is 4.90 Å². The molecule has 0 unspecified atom stereocenters. The minimum absolute atomic E-state index is 0.132. The minimum atomic E-state index is 0.132. The lowest BCUT2D eigenvalue weighted by Crippen LogP contribution is -2.51. The zero-order valence-corrected chi connectivity index (χ0v) is 11.3. The van der Waals surface area contributed by atoms with Crippen molar-refractivity contribution < 1.29 is 4.79 Å². The van der Waals surface area contributed by atoms with Gasteiger partial charge in [0.25, 0.3) is 0 Å². The summed E-state index contributed by atoms with van der Waals surface area (Å²) in [4.78, 5) is 16.2. The van der Waals surface area contributed by atoms with E-state index < -0.39 is 0 Å². The van der Waals surface area contributed by atoms with Gasteiger partial charge in [-0.2, -0.15) is 11.3 Å². The Labute approximate surface area is 112 Å². The first-order valence-corrected chi connectivity index (χ1v) is 7.54. The van der Waals surface area contributed by atoms with Gasteiger partial charge in [-0.15, -0.1) is 0 Å². The minimum Gasteiger partial charge on any atom is -0.335 e. The van der Waals surface area contributed by atoms with Crippen LogP contribution in [0.25, 0.3) is 0 Å². The molecule has 1 saturated carbocycles. The van der Waals surface area contributed by atoms with Crippen LogP contribution in [0.3, 0.4) is 0 Å². The van der Waals surface area contributed by atoms with Gasteiger partial charge in [0, 0.05) is 38.8 Å². The maximum Gasteiger partial charge on any atom is 0.317 e. The van der Waals surface area contributed by atoms with Crippen LogP contribution in [0.15, 0.2) is 16.8 Å². The summed E-state index contributed by atoms with van der Waals surface area (Å²) in [6, 6.07) is 2.77. The largest absolute Gasteiger partial charge is 0.335 e. The van der Waals surface area contributed by atoms with Crippen LogP contribution < -0.4 is 5.32 Å². The van der Waals surface area contributed by atoms with E-state index in [4.69, 9.17) is 0 Å². The van der Waals surface area contributed by atoms with Crippen LogP contribution in [0.5, 0.6) is 0 Å². The second-order valence-corrected chi connectivity index (χ2v) is 5.90. The Balaban J connectivity index is 1.44. The fourth-order valence-electron chi connectivity index (χ4n) is 2.24. The number of amides is 2. The Morgan fingerprint density at radius 1 is 1.33 bits per heavy atom. The zero-order chi connectivity index (χ0) is 12.4. The Kier molecular flexibility index (Phi) is 3.52. The van der Waals surface area contributed by atoms with E-state index in [9.17, 15) is 4.79 Å². The van der Waals surface area contributed by atoms with Crippen LogP contribution in [-0.4, -0.2) is 48.1 Å². The molecule has 1 saturated heterocycles. The maximum atomic E-state index is 11.9. The SMILES string of the molecule is O=C(NC1CC1)N1CCN(Cc2ccsc2)CC1. The van der Waals surface area contributed by atoms with Crippen molar-refractivity contribution in [2.24, 2.45) is 0 Å². The number of carbonyl (C=O) groups excluding carboxylic acids is 1. The van der Waals surface area contributed by atoms with Crippen LogP contribution >= 0.6 is 11.3 Å². The van der Waals surface area contributed by atoms with Crippen LogP contribution in [0.1, 0.15) is 18.4 Å². The third kappa shape index (κ3) is 3.03. The van der Waals surface area contributed by atoms with Gasteiger partial charge in [-0.1, -0.05) is 0 Å². The molecule has 1 aromatic heterocycles. The van der Waals surface area contributed by atoms with Crippen LogP contribution in [0.2, 0.25) is 0 Å². The number of nitrogens with one attached hydrogen (secondary N) is 1. The number of thiophene rings is 1. The lowest BCUT2D eigenvalue weighted by Gasteiger charge is -2.34. The van der Waals surface area contributed by atoms with Gasteiger partial charge in [0.1, 0.15) is 0 Å².